The number of hydrazone groups is 1. The molecule has 0 aromatic rings. The summed E-state index contributed by atoms with van der Waals surface area (Å²) in [5.41, 5.74) is 3.97. The minimum atomic E-state index is 0.431. The summed E-state index contributed by atoms with van der Waals surface area (Å²) < 4.78 is 0.722. The topological polar surface area (TPSA) is 36.4 Å². The van der Waals surface area contributed by atoms with Crippen molar-refractivity contribution in [1.82, 2.24) is 10.7 Å². The van der Waals surface area contributed by atoms with Crippen molar-refractivity contribution in [2.24, 2.45) is 5.10 Å². The molecule has 0 aromatic carbocycles. The van der Waals surface area contributed by atoms with Gasteiger partial charge in [-0.05, 0) is 32.6 Å². The lowest BCUT2D eigenvalue weighted by atomic mass is 10.0. The second-order valence-corrected chi connectivity index (χ2v) is 4.84. The first-order valence-corrected chi connectivity index (χ1v) is 6.49. The van der Waals surface area contributed by atoms with Crippen molar-refractivity contribution in [3.63, 3.8) is 0 Å². The maximum absolute atomic E-state index is 5.00. The molecule has 0 aliphatic carbocycles. The highest BCUT2D eigenvalue weighted by Gasteiger charge is 2.14. The molecule has 2 N–H and O–H groups in total. The van der Waals surface area contributed by atoms with Gasteiger partial charge >= 0.3 is 0 Å². The fourth-order valence-electron chi connectivity index (χ4n) is 1.47. The Bertz CT molecular complexity index is 222. The van der Waals surface area contributed by atoms with Crippen molar-refractivity contribution in [2.75, 3.05) is 12.8 Å². The third kappa shape index (κ3) is 3.94. The van der Waals surface area contributed by atoms with Gasteiger partial charge in [-0.2, -0.15) is 5.10 Å². The Morgan fingerprint density at radius 2 is 2.36 bits per heavy atom. The molecule has 1 aliphatic rings. The molecule has 0 amide bonds. The monoisotopic (exact) mass is 231 g/mol. The van der Waals surface area contributed by atoms with E-state index in [1.807, 2.05) is 13.2 Å². The molecule has 0 spiro atoms. The van der Waals surface area contributed by atoms with Crippen LogP contribution in [0.15, 0.2) is 5.10 Å². The van der Waals surface area contributed by atoms with E-state index in [0.717, 1.165) is 16.6 Å². The summed E-state index contributed by atoms with van der Waals surface area (Å²) in [5, 5.41) is 7.70. The lowest BCUT2D eigenvalue weighted by Gasteiger charge is -2.23. The van der Waals surface area contributed by atoms with Crippen LogP contribution in [0.2, 0.25) is 0 Å². The van der Waals surface area contributed by atoms with E-state index < -0.39 is 0 Å². The Morgan fingerprint density at radius 1 is 1.57 bits per heavy atom. The molecule has 80 valence electrons. The minimum absolute atomic E-state index is 0.431. The first kappa shape index (κ1) is 11.9. The summed E-state index contributed by atoms with van der Waals surface area (Å²) in [6.45, 7) is 3.14. The zero-order valence-electron chi connectivity index (χ0n) is 8.67. The largest absolute Gasteiger partial charge is 0.309 e. The summed E-state index contributed by atoms with van der Waals surface area (Å²) in [6.07, 6.45) is 5.69. The summed E-state index contributed by atoms with van der Waals surface area (Å²) in [7, 11) is 0. The van der Waals surface area contributed by atoms with Gasteiger partial charge in [-0.15, -0.1) is 0 Å². The van der Waals surface area contributed by atoms with Crippen LogP contribution < -0.4 is 10.7 Å². The predicted molar refractivity (Wildman–Crippen MR) is 68.0 cm³/mol. The summed E-state index contributed by atoms with van der Waals surface area (Å²) in [5.74, 6) is 0. The molecule has 5 heteroatoms. The molecule has 1 unspecified atom stereocenters. The number of thioether (sulfide) groups is 1. The second-order valence-electron chi connectivity index (χ2n) is 3.36. The second kappa shape index (κ2) is 6.37. The molecule has 0 bridgehead atoms. The minimum Gasteiger partial charge on any atom is -0.309 e. The van der Waals surface area contributed by atoms with E-state index in [4.69, 9.17) is 12.2 Å². The van der Waals surface area contributed by atoms with E-state index in [9.17, 15) is 0 Å². The molecule has 1 saturated heterocycles. The van der Waals surface area contributed by atoms with Crippen molar-refractivity contribution < 1.29 is 0 Å². The quantitative estimate of drug-likeness (QED) is 0.431. The Hall–Kier alpha value is -0.130. The number of nitrogens with one attached hydrogen (secondary N) is 2. The van der Waals surface area contributed by atoms with Crippen LogP contribution in [0.25, 0.3) is 0 Å². The van der Waals surface area contributed by atoms with Gasteiger partial charge in [0.2, 0.25) is 0 Å². The number of hydrogen-bond acceptors (Lipinski definition) is 4. The summed E-state index contributed by atoms with van der Waals surface area (Å²) >= 11 is 6.51. The van der Waals surface area contributed by atoms with Gasteiger partial charge in [0.15, 0.2) is 4.32 Å². The maximum Gasteiger partial charge on any atom is 0.153 e. The normalized spacial score (nSPS) is 23.3. The molecular formula is C9H17N3S2. The van der Waals surface area contributed by atoms with Gasteiger partial charge < -0.3 is 5.32 Å². The highest BCUT2D eigenvalue weighted by Crippen LogP contribution is 2.08. The Morgan fingerprint density at radius 3 is 2.93 bits per heavy atom. The molecule has 1 atom stereocenters. The SMILES string of the molecule is CSC(=S)N/N=C(\C)C1CCCCN1. The van der Waals surface area contributed by atoms with Crippen LogP contribution in [-0.2, 0) is 0 Å². The van der Waals surface area contributed by atoms with E-state index >= 15 is 0 Å². The average Bonchev–Trinajstić information content (AvgIpc) is 2.26. The van der Waals surface area contributed by atoms with Crippen molar-refractivity contribution in [3.8, 4) is 0 Å². The Labute approximate surface area is 95.1 Å². The van der Waals surface area contributed by atoms with E-state index in [1.165, 1.54) is 31.0 Å². The van der Waals surface area contributed by atoms with Crippen LogP contribution in [0.4, 0.5) is 0 Å². The van der Waals surface area contributed by atoms with Gasteiger partial charge in [0.25, 0.3) is 0 Å². The first-order chi connectivity index (χ1) is 6.74. The molecule has 0 radical (unpaired) electrons. The number of thiocarbonyl (C=S) groups is 1. The van der Waals surface area contributed by atoms with Crippen LogP contribution in [0.5, 0.6) is 0 Å². The number of nitrogens with zero attached hydrogens (tertiary/aromatic N) is 1. The molecule has 1 heterocycles. The van der Waals surface area contributed by atoms with Crippen LogP contribution >= 0.6 is 24.0 Å². The lowest BCUT2D eigenvalue weighted by molar-refractivity contribution is 0.469. The van der Waals surface area contributed by atoms with Crippen molar-refractivity contribution in [1.29, 1.82) is 0 Å². The van der Waals surface area contributed by atoms with E-state index in [1.54, 1.807) is 0 Å². The number of piperidine rings is 1. The number of hydrogen-bond donors (Lipinski definition) is 2. The van der Waals surface area contributed by atoms with Crippen LogP contribution in [0.1, 0.15) is 26.2 Å². The highest BCUT2D eigenvalue weighted by atomic mass is 32.2. The van der Waals surface area contributed by atoms with E-state index in [2.05, 4.69) is 15.8 Å². The predicted octanol–water partition coefficient (Wildman–Crippen LogP) is 1.74. The number of rotatable bonds is 2. The van der Waals surface area contributed by atoms with E-state index in [-0.39, 0.29) is 0 Å². The highest BCUT2D eigenvalue weighted by molar-refractivity contribution is 8.22. The molecule has 0 saturated carbocycles. The van der Waals surface area contributed by atoms with Gasteiger partial charge in [-0.1, -0.05) is 30.4 Å². The Balaban J connectivity index is 2.37. The summed E-state index contributed by atoms with van der Waals surface area (Å²) in [4.78, 5) is 0. The zero-order chi connectivity index (χ0) is 10.4. The van der Waals surface area contributed by atoms with Gasteiger partial charge in [0.1, 0.15) is 0 Å². The maximum atomic E-state index is 5.00. The fourth-order valence-corrected chi connectivity index (χ4v) is 1.65. The average molecular weight is 231 g/mol. The Kier molecular flexibility index (Phi) is 5.44. The third-order valence-electron chi connectivity index (χ3n) is 2.32. The van der Waals surface area contributed by atoms with Gasteiger partial charge in [-0.25, -0.2) is 0 Å². The fraction of sp³-hybridized carbons (Fsp3) is 0.778. The van der Waals surface area contributed by atoms with Crippen molar-refractivity contribution in [2.45, 2.75) is 32.2 Å². The van der Waals surface area contributed by atoms with Gasteiger partial charge in [0, 0.05) is 6.04 Å². The van der Waals surface area contributed by atoms with Gasteiger partial charge in [-0.3, -0.25) is 5.43 Å². The molecule has 1 fully saturated rings. The smallest absolute Gasteiger partial charge is 0.153 e. The van der Waals surface area contributed by atoms with Crippen molar-refractivity contribution >= 4 is 34.0 Å². The van der Waals surface area contributed by atoms with Crippen LogP contribution in [0, 0.1) is 0 Å². The van der Waals surface area contributed by atoms with Crippen molar-refractivity contribution in [3.05, 3.63) is 0 Å². The van der Waals surface area contributed by atoms with Gasteiger partial charge in [0.05, 0.1) is 5.71 Å². The van der Waals surface area contributed by atoms with E-state index in [0.29, 0.717) is 6.04 Å². The lowest BCUT2D eigenvalue weighted by Crippen LogP contribution is -2.40. The molecule has 0 aromatic heterocycles. The third-order valence-corrected chi connectivity index (χ3v) is 3.38. The molecule has 14 heavy (non-hydrogen) atoms. The zero-order valence-corrected chi connectivity index (χ0v) is 10.3. The molecule has 1 rings (SSSR count). The van der Waals surface area contributed by atoms with Crippen LogP contribution in [0.3, 0.4) is 0 Å². The molecule has 3 nitrogen and oxygen atoms in total. The van der Waals surface area contributed by atoms with Crippen LogP contribution in [-0.4, -0.2) is 28.9 Å². The summed E-state index contributed by atoms with van der Waals surface area (Å²) in [6, 6.07) is 0.431. The molecular weight excluding hydrogens is 214 g/mol. The standard InChI is InChI=1S/C9H17N3S2/c1-7(11-12-9(13)14-2)8-5-3-4-6-10-8/h8,10H,3-6H2,1-2H3,(H,12,13)/b11-7+. The molecule has 1 aliphatic heterocycles. The first-order valence-electron chi connectivity index (χ1n) is 4.85.